The van der Waals surface area contributed by atoms with Gasteiger partial charge in [-0.1, -0.05) is 13.0 Å². The second kappa shape index (κ2) is 8.65. The van der Waals surface area contributed by atoms with Gasteiger partial charge in [-0.2, -0.15) is 0 Å². The first-order valence-corrected chi connectivity index (χ1v) is 10.1. The highest BCUT2D eigenvalue weighted by atomic mass is 35.5. The smallest absolute Gasteiger partial charge is 0.241 e. The van der Waals surface area contributed by atoms with Crippen LogP contribution in [0.25, 0.3) is 0 Å². The average Bonchev–Trinajstić information content (AvgIpc) is 2.47. The highest BCUT2D eigenvalue weighted by molar-refractivity contribution is 7.89. The molecule has 0 atom stereocenters. The Bertz CT molecular complexity index is 640. The molecule has 0 amide bonds. The molecule has 0 radical (unpaired) electrons. The Labute approximate surface area is 153 Å². The van der Waals surface area contributed by atoms with Gasteiger partial charge in [0.25, 0.3) is 0 Å². The lowest BCUT2D eigenvalue weighted by molar-refractivity contribution is 0.208. The number of halogens is 1. The molecule has 1 heterocycles. The van der Waals surface area contributed by atoms with Crippen LogP contribution in [0, 0.1) is 27.7 Å². The number of likely N-dealkylation sites (tertiary alicyclic amines) is 1. The number of piperidine rings is 1. The van der Waals surface area contributed by atoms with Crippen molar-refractivity contribution < 1.29 is 8.42 Å². The van der Waals surface area contributed by atoms with Gasteiger partial charge in [-0.15, -0.1) is 12.4 Å². The van der Waals surface area contributed by atoms with E-state index in [1.54, 1.807) is 0 Å². The van der Waals surface area contributed by atoms with E-state index in [4.69, 9.17) is 0 Å². The molecular weight excluding hydrogens is 344 g/mol. The predicted molar refractivity (Wildman–Crippen MR) is 103 cm³/mol. The van der Waals surface area contributed by atoms with Crippen LogP contribution >= 0.6 is 12.4 Å². The summed E-state index contributed by atoms with van der Waals surface area (Å²) >= 11 is 0. The normalized spacial score (nSPS) is 16.9. The van der Waals surface area contributed by atoms with Crippen LogP contribution in [0.15, 0.2) is 11.0 Å². The van der Waals surface area contributed by atoms with E-state index in [2.05, 4.69) is 22.6 Å². The maximum atomic E-state index is 12.9. The molecular formula is C18H31ClN2O2S. The molecule has 24 heavy (non-hydrogen) atoms. The highest BCUT2D eigenvalue weighted by Crippen LogP contribution is 2.26. The van der Waals surface area contributed by atoms with E-state index in [9.17, 15) is 8.42 Å². The minimum atomic E-state index is -3.46. The lowest BCUT2D eigenvalue weighted by Gasteiger charge is -2.32. The van der Waals surface area contributed by atoms with Crippen LogP contribution in [0.3, 0.4) is 0 Å². The number of benzene rings is 1. The highest BCUT2D eigenvalue weighted by Gasteiger charge is 2.27. The van der Waals surface area contributed by atoms with E-state index >= 15 is 0 Å². The topological polar surface area (TPSA) is 49.4 Å². The summed E-state index contributed by atoms with van der Waals surface area (Å²) in [7, 11) is -3.46. The van der Waals surface area contributed by atoms with Gasteiger partial charge in [-0.3, -0.25) is 0 Å². The SMILES string of the molecule is CCCN1CCC(NS(=O)(=O)c2c(C)c(C)cc(C)c2C)CC1.Cl. The van der Waals surface area contributed by atoms with Crippen molar-refractivity contribution in [1.29, 1.82) is 0 Å². The maximum Gasteiger partial charge on any atom is 0.241 e. The molecule has 0 aliphatic carbocycles. The lowest BCUT2D eigenvalue weighted by Crippen LogP contribution is -2.45. The second-order valence-corrected chi connectivity index (χ2v) is 8.48. The largest absolute Gasteiger partial charge is 0.303 e. The second-order valence-electron chi connectivity index (χ2n) is 6.83. The van der Waals surface area contributed by atoms with Gasteiger partial charge in [0.1, 0.15) is 0 Å². The molecule has 0 unspecified atom stereocenters. The standard InChI is InChI=1S/C18H30N2O2S.ClH/c1-6-9-20-10-7-17(8-11-20)19-23(21,22)18-15(4)13(2)12-14(3)16(18)5;/h12,17,19H,6-11H2,1-5H3;1H. The summed E-state index contributed by atoms with van der Waals surface area (Å²) in [5, 5.41) is 0. The van der Waals surface area contributed by atoms with E-state index in [1.807, 2.05) is 27.7 Å². The van der Waals surface area contributed by atoms with Gasteiger partial charge in [-0.25, -0.2) is 13.1 Å². The van der Waals surface area contributed by atoms with E-state index < -0.39 is 10.0 Å². The van der Waals surface area contributed by atoms with E-state index in [0.29, 0.717) is 4.90 Å². The van der Waals surface area contributed by atoms with Gasteiger partial charge in [-0.05, 0) is 88.8 Å². The quantitative estimate of drug-likeness (QED) is 0.858. The molecule has 1 aromatic carbocycles. The molecule has 1 fully saturated rings. The van der Waals surface area contributed by atoms with Crippen LogP contribution in [0.5, 0.6) is 0 Å². The van der Waals surface area contributed by atoms with Gasteiger partial charge in [0.2, 0.25) is 10.0 Å². The van der Waals surface area contributed by atoms with Gasteiger partial charge < -0.3 is 4.90 Å². The van der Waals surface area contributed by atoms with Crippen molar-refractivity contribution in [2.24, 2.45) is 0 Å². The lowest BCUT2D eigenvalue weighted by atomic mass is 10.0. The molecule has 1 aromatic rings. The Morgan fingerprint density at radius 1 is 1.08 bits per heavy atom. The van der Waals surface area contributed by atoms with Gasteiger partial charge >= 0.3 is 0 Å². The van der Waals surface area contributed by atoms with E-state index in [1.165, 1.54) is 0 Å². The van der Waals surface area contributed by atoms with Crippen LogP contribution in [-0.4, -0.2) is 39.0 Å². The zero-order valence-corrected chi connectivity index (χ0v) is 17.1. The van der Waals surface area contributed by atoms with Crippen LogP contribution < -0.4 is 4.72 Å². The van der Waals surface area contributed by atoms with Crippen LogP contribution in [-0.2, 0) is 10.0 Å². The van der Waals surface area contributed by atoms with Crippen LogP contribution in [0.2, 0.25) is 0 Å². The Kier molecular flexibility index (Phi) is 7.73. The minimum Gasteiger partial charge on any atom is -0.303 e. The molecule has 1 aliphatic rings. The van der Waals surface area contributed by atoms with Crippen molar-refractivity contribution in [3.63, 3.8) is 0 Å². The number of hydrogen-bond acceptors (Lipinski definition) is 3. The first kappa shape index (κ1) is 21.4. The summed E-state index contributed by atoms with van der Waals surface area (Å²) in [6.45, 7) is 13.0. The molecule has 1 saturated heterocycles. The summed E-state index contributed by atoms with van der Waals surface area (Å²) in [5.74, 6) is 0. The Morgan fingerprint density at radius 2 is 1.58 bits per heavy atom. The zero-order chi connectivity index (χ0) is 17.2. The van der Waals surface area contributed by atoms with Crippen molar-refractivity contribution in [3.05, 3.63) is 28.3 Å². The fourth-order valence-corrected chi connectivity index (χ4v) is 5.37. The number of aryl methyl sites for hydroxylation is 2. The van der Waals surface area contributed by atoms with Crippen molar-refractivity contribution in [1.82, 2.24) is 9.62 Å². The summed E-state index contributed by atoms with van der Waals surface area (Å²) in [6, 6.07) is 2.11. The fraction of sp³-hybridized carbons (Fsp3) is 0.667. The molecule has 0 bridgehead atoms. The monoisotopic (exact) mass is 374 g/mol. The molecule has 1 aliphatic heterocycles. The molecule has 2 rings (SSSR count). The van der Waals surface area contributed by atoms with E-state index in [0.717, 1.165) is 61.2 Å². The number of rotatable bonds is 5. The Balaban J connectivity index is 0.00000288. The molecule has 0 saturated carbocycles. The van der Waals surface area contributed by atoms with Gasteiger partial charge in [0.05, 0.1) is 4.90 Å². The van der Waals surface area contributed by atoms with Crippen molar-refractivity contribution in [2.45, 2.75) is 64.8 Å². The van der Waals surface area contributed by atoms with Crippen molar-refractivity contribution >= 4 is 22.4 Å². The molecule has 138 valence electrons. The fourth-order valence-electron chi connectivity index (χ4n) is 3.45. The summed E-state index contributed by atoms with van der Waals surface area (Å²) < 4.78 is 28.8. The predicted octanol–water partition coefficient (Wildman–Crippen LogP) is 3.49. The third-order valence-corrected chi connectivity index (χ3v) is 6.81. The van der Waals surface area contributed by atoms with Gasteiger partial charge in [0, 0.05) is 6.04 Å². The zero-order valence-electron chi connectivity index (χ0n) is 15.5. The molecule has 6 heteroatoms. The van der Waals surface area contributed by atoms with Crippen molar-refractivity contribution in [3.8, 4) is 0 Å². The first-order chi connectivity index (χ1) is 10.8. The molecule has 0 aromatic heterocycles. The number of nitrogens with one attached hydrogen (secondary N) is 1. The van der Waals surface area contributed by atoms with Crippen LogP contribution in [0.1, 0.15) is 48.4 Å². The first-order valence-electron chi connectivity index (χ1n) is 8.58. The van der Waals surface area contributed by atoms with Gasteiger partial charge in [0.15, 0.2) is 0 Å². The maximum absolute atomic E-state index is 12.9. The Morgan fingerprint density at radius 3 is 2.04 bits per heavy atom. The molecule has 4 nitrogen and oxygen atoms in total. The van der Waals surface area contributed by atoms with Crippen LogP contribution in [0.4, 0.5) is 0 Å². The Hall–Kier alpha value is -0.620. The number of sulfonamides is 1. The summed E-state index contributed by atoms with van der Waals surface area (Å²) in [5.41, 5.74) is 3.80. The van der Waals surface area contributed by atoms with E-state index in [-0.39, 0.29) is 18.4 Å². The summed E-state index contributed by atoms with van der Waals surface area (Å²) in [6.07, 6.45) is 2.93. The summed E-state index contributed by atoms with van der Waals surface area (Å²) in [4.78, 5) is 2.89. The number of nitrogens with zero attached hydrogens (tertiary/aromatic N) is 1. The third-order valence-electron chi connectivity index (χ3n) is 5.02. The molecule has 1 N–H and O–H groups in total. The average molecular weight is 375 g/mol. The minimum absolute atomic E-state index is 0. The third kappa shape index (κ3) is 4.72. The van der Waals surface area contributed by atoms with Crippen molar-refractivity contribution in [2.75, 3.05) is 19.6 Å². The number of hydrogen-bond donors (Lipinski definition) is 1. The molecule has 0 spiro atoms.